The molecule has 0 aromatic heterocycles. The molecule has 0 saturated carbocycles. The number of allylic oxidation sites excluding steroid dienone is 4. The molecule has 0 spiro atoms. The van der Waals surface area contributed by atoms with Crippen molar-refractivity contribution >= 4 is 22.0 Å². The first-order valence-electron chi connectivity index (χ1n) is 5.08. The predicted molar refractivity (Wildman–Crippen MR) is 64.5 cm³/mol. The summed E-state index contributed by atoms with van der Waals surface area (Å²) in [4.78, 5) is 0. The molecule has 0 aromatic rings. The second-order valence-corrected chi connectivity index (χ2v) is 2.93. The third-order valence-electron chi connectivity index (χ3n) is 1.71. The SMILES string of the molecule is C1=CCCC=CCC1.[B][B][B]CC.[Co]. The van der Waals surface area contributed by atoms with Crippen molar-refractivity contribution in [2.75, 3.05) is 0 Å². The summed E-state index contributed by atoms with van der Waals surface area (Å²) in [5.74, 6) is 0. The summed E-state index contributed by atoms with van der Waals surface area (Å²) in [7, 11) is 8.42. The van der Waals surface area contributed by atoms with Gasteiger partial charge in [0.25, 0.3) is 0 Å². The van der Waals surface area contributed by atoms with Crippen molar-refractivity contribution in [3.8, 4) is 0 Å². The molecule has 1 aliphatic carbocycles. The van der Waals surface area contributed by atoms with Gasteiger partial charge in [0.15, 0.2) is 0 Å². The Kier molecular flexibility index (Phi) is 18.6. The standard InChI is InChI=1S/C8H12.C2H5B3.Co/c1-2-4-6-8-7-5-3-1;1-2-4-5-3;/h1-2,7-8H,3-6H2;2H2,1H3;. The monoisotopic (exact) mass is 229 g/mol. The van der Waals surface area contributed by atoms with Gasteiger partial charge < -0.3 is 0 Å². The van der Waals surface area contributed by atoms with Crippen LogP contribution in [0.4, 0.5) is 0 Å². The van der Waals surface area contributed by atoms with Crippen LogP contribution in [0.2, 0.25) is 6.32 Å². The molecule has 5 radical (unpaired) electrons. The average molecular weight is 229 g/mol. The van der Waals surface area contributed by atoms with E-state index >= 15 is 0 Å². The van der Waals surface area contributed by atoms with Gasteiger partial charge in [-0.3, -0.25) is 0 Å². The van der Waals surface area contributed by atoms with Crippen LogP contribution in [0.1, 0.15) is 32.6 Å². The summed E-state index contributed by atoms with van der Waals surface area (Å²) < 4.78 is 0. The van der Waals surface area contributed by atoms with Crippen molar-refractivity contribution in [2.24, 2.45) is 0 Å². The van der Waals surface area contributed by atoms with Crippen molar-refractivity contribution in [2.45, 2.75) is 38.9 Å². The van der Waals surface area contributed by atoms with E-state index in [4.69, 9.17) is 7.74 Å². The molecule has 0 saturated heterocycles. The molecule has 0 nitrogen and oxygen atoms in total. The minimum atomic E-state index is 0. The van der Waals surface area contributed by atoms with Crippen LogP contribution in [0.25, 0.3) is 0 Å². The smallest absolute Gasteiger partial charge is 0.0541 e. The van der Waals surface area contributed by atoms with E-state index in [1.165, 1.54) is 25.7 Å². The minimum Gasteiger partial charge on any atom is -0.0923 e. The first kappa shape index (κ1) is 16.6. The van der Waals surface area contributed by atoms with Gasteiger partial charge in [-0.1, -0.05) is 37.5 Å². The molecule has 0 aromatic carbocycles. The molecule has 1 aliphatic rings. The Morgan fingerprint density at radius 3 is 1.50 bits per heavy atom. The van der Waals surface area contributed by atoms with E-state index in [9.17, 15) is 0 Å². The maximum Gasteiger partial charge on any atom is 0.0541 e. The van der Waals surface area contributed by atoms with Crippen molar-refractivity contribution in [3.05, 3.63) is 24.3 Å². The van der Waals surface area contributed by atoms with Crippen LogP contribution < -0.4 is 0 Å². The van der Waals surface area contributed by atoms with E-state index in [0.717, 1.165) is 6.32 Å². The van der Waals surface area contributed by atoms with Crippen LogP contribution in [0.5, 0.6) is 0 Å². The second kappa shape index (κ2) is 15.6. The van der Waals surface area contributed by atoms with Crippen LogP contribution >= 0.6 is 0 Å². The van der Waals surface area contributed by atoms with E-state index in [1.54, 1.807) is 7.06 Å². The summed E-state index contributed by atoms with van der Waals surface area (Å²) in [5, 5.41) is 0. The average Bonchev–Trinajstić information content (AvgIpc) is 2.05. The van der Waals surface area contributed by atoms with E-state index in [-0.39, 0.29) is 16.8 Å². The Balaban J connectivity index is 0. The van der Waals surface area contributed by atoms with Gasteiger partial charge in [-0.15, -0.1) is 0 Å². The summed E-state index contributed by atoms with van der Waals surface area (Å²) in [6.45, 7) is 2.04. The zero-order valence-corrected chi connectivity index (χ0v) is 9.95. The van der Waals surface area contributed by atoms with E-state index < -0.39 is 0 Å². The molecule has 0 fully saturated rings. The van der Waals surface area contributed by atoms with E-state index in [1.807, 2.05) is 14.1 Å². The quantitative estimate of drug-likeness (QED) is 0.503. The Morgan fingerprint density at radius 1 is 1.00 bits per heavy atom. The first-order valence-corrected chi connectivity index (χ1v) is 5.08. The normalized spacial score (nSPS) is 13.8. The summed E-state index contributed by atoms with van der Waals surface area (Å²) >= 11 is 0. The fourth-order valence-electron chi connectivity index (χ4n) is 0.992. The molecular weight excluding hydrogens is 211 g/mol. The molecule has 0 atom stereocenters. The van der Waals surface area contributed by atoms with Crippen LogP contribution in [-0.2, 0) is 16.8 Å². The Bertz CT molecular complexity index is 118. The van der Waals surface area contributed by atoms with Gasteiger partial charge in [-0.25, -0.2) is 0 Å². The maximum absolute atomic E-state index is 4.96. The van der Waals surface area contributed by atoms with Gasteiger partial charge in [0, 0.05) is 31.6 Å². The molecule has 0 aliphatic heterocycles. The summed E-state index contributed by atoms with van der Waals surface area (Å²) in [6.07, 6.45) is 15.0. The molecule has 0 N–H and O–H groups in total. The zero-order chi connectivity index (χ0) is 9.78. The van der Waals surface area contributed by atoms with Crippen molar-refractivity contribution < 1.29 is 16.8 Å². The molecule has 4 heteroatoms. The van der Waals surface area contributed by atoms with Crippen molar-refractivity contribution in [1.29, 1.82) is 0 Å². The molecule has 14 heavy (non-hydrogen) atoms. The van der Waals surface area contributed by atoms with Crippen molar-refractivity contribution in [1.82, 2.24) is 0 Å². The van der Waals surface area contributed by atoms with Gasteiger partial charge >= 0.3 is 0 Å². The summed E-state index contributed by atoms with van der Waals surface area (Å²) in [5.41, 5.74) is 0. The number of hydrogen-bond acceptors (Lipinski definition) is 0. The van der Waals surface area contributed by atoms with Gasteiger partial charge in [-0.2, -0.15) is 0 Å². The zero-order valence-electron chi connectivity index (χ0n) is 8.91. The topological polar surface area (TPSA) is 0 Å². The van der Waals surface area contributed by atoms with E-state index in [0.29, 0.717) is 0 Å². The fourth-order valence-corrected chi connectivity index (χ4v) is 0.992. The van der Waals surface area contributed by atoms with Gasteiger partial charge in [-0.05, 0) is 25.7 Å². The molecular formula is C10H17B3Co. The molecule has 0 bridgehead atoms. The Hall–Kier alpha value is 0.181. The minimum absolute atomic E-state index is 0. The largest absolute Gasteiger partial charge is 0.0923 e. The van der Waals surface area contributed by atoms with Crippen LogP contribution in [-0.4, -0.2) is 22.0 Å². The molecule has 1 rings (SSSR count). The number of hydrogen-bond donors (Lipinski definition) is 0. The van der Waals surface area contributed by atoms with Crippen LogP contribution in [0, 0.1) is 0 Å². The van der Waals surface area contributed by atoms with E-state index in [2.05, 4.69) is 24.3 Å². The number of rotatable bonds is 2. The maximum atomic E-state index is 4.96. The molecule has 0 heterocycles. The van der Waals surface area contributed by atoms with Gasteiger partial charge in [0.2, 0.25) is 0 Å². The van der Waals surface area contributed by atoms with Crippen LogP contribution in [0.15, 0.2) is 24.3 Å². The molecule has 0 amide bonds. The second-order valence-electron chi connectivity index (χ2n) is 2.93. The predicted octanol–water partition coefficient (Wildman–Crippen LogP) is 2.50. The van der Waals surface area contributed by atoms with Crippen molar-refractivity contribution in [3.63, 3.8) is 0 Å². The third-order valence-corrected chi connectivity index (χ3v) is 1.71. The molecule has 75 valence electrons. The van der Waals surface area contributed by atoms with Gasteiger partial charge in [0.05, 0.1) is 7.17 Å². The first-order chi connectivity index (χ1) is 6.41. The fraction of sp³-hybridized carbons (Fsp3) is 0.600. The Morgan fingerprint density at radius 2 is 1.36 bits per heavy atom. The third kappa shape index (κ3) is 14.7. The molecule has 0 unspecified atom stereocenters. The summed E-state index contributed by atoms with van der Waals surface area (Å²) in [6, 6.07) is 0. The van der Waals surface area contributed by atoms with Gasteiger partial charge in [0.1, 0.15) is 0 Å². The van der Waals surface area contributed by atoms with Crippen LogP contribution in [0.3, 0.4) is 0 Å². The Labute approximate surface area is 102 Å².